The minimum absolute atomic E-state index is 0.172. The number of hydrogen-bond acceptors (Lipinski definition) is 3. The number of anilines is 1. The normalized spacial score (nSPS) is 16.3. The van der Waals surface area contributed by atoms with Crippen molar-refractivity contribution in [2.45, 2.75) is 31.6 Å². The molecule has 0 atom stereocenters. The maximum absolute atomic E-state index is 11.6. The van der Waals surface area contributed by atoms with Crippen LogP contribution in [-0.2, 0) is 16.6 Å². The van der Waals surface area contributed by atoms with E-state index in [2.05, 4.69) is 4.72 Å². The van der Waals surface area contributed by atoms with Crippen LogP contribution in [0.25, 0.3) is 0 Å². The number of rotatable bonds is 4. The van der Waals surface area contributed by atoms with E-state index in [9.17, 15) is 8.42 Å². The van der Waals surface area contributed by atoms with Crippen molar-refractivity contribution in [3.05, 3.63) is 29.3 Å². The van der Waals surface area contributed by atoms with Crippen LogP contribution in [0.5, 0.6) is 0 Å². The first kappa shape index (κ1) is 11.4. The van der Waals surface area contributed by atoms with Crippen molar-refractivity contribution in [1.29, 1.82) is 0 Å². The average Bonchev–Trinajstić information content (AvgIpc) is 3.04. The summed E-state index contributed by atoms with van der Waals surface area (Å²) in [6.07, 6.45) is 1.57. The van der Waals surface area contributed by atoms with Gasteiger partial charge in [-0.25, -0.2) is 13.1 Å². The van der Waals surface area contributed by atoms with Crippen LogP contribution < -0.4 is 10.5 Å². The molecule has 0 unspecified atom stereocenters. The van der Waals surface area contributed by atoms with Gasteiger partial charge in [0.15, 0.2) is 0 Å². The Labute approximate surface area is 95.9 Å². The van der Waals surface area contributed by atoms with Crippen LogP contribution in [0.15, 0.2) is 18.2 Å². The topological polar surface area (TPSA) is 72.2 Å². The monoisotopic (exact) mass is 240 g/mol. The molecule has 0 radical (unpaired) electrons. The molecule has 0 amide bonds. The van der Waals surface area contributed by atoms with E-state index in [1.54, 1.807) is 0 Å². The van der Waals surface area contributed by atoms with Crippen LogP contribution in [-0.4, -0.2) is 13.7 Å². The largest absolute Gasteiger partial charge is 0.399 e. The summed E-state index contributed by atoms with van der Waals surface area (Å²) in [5, 5.41) is -0.172. The predicted molar refractivity (Wildman–Crippen MR) is 64.4 cm³/mol. The molecule has 5 heteroatoms. The Morgan fingerprint density at radius 2 is 2.12 bits per heavy atom. The summed E-state index contributed by atoms with van der Waals surface area (Å²) < 4.78 is 25.9. The lowest BCUT2D eigenvalue weighted by molar-refractivity contribution is 0.580. The highest BCUT2D eigenvalue weighted by molar-refractivity contribution is 7.90. The molecule has 0 aromatic heterocycles. The third kappa shape index (κ3) is 2.36. The van der Waals surface area contributed by atoms with Gasteiger partial charge in [-0.2, -0.15) is 0 Å². The highest BCUT2D eigenvalue weighted by atomic mass is 32.2. The molecule has 1 aromatic carbocycles. The minimum Gasteiger partial charge on any atom is -0.399 e. The Bertz CT molecular complexity index is 493. The molecular weight excluding hydrogens is 224 g/mol. The van der Waals surface area contributed by atoms with Gasteiger partial charge in [-0.15, -0.1) is 0 Å². The number of hydrogen-bond donors (Lipinski definition) is 2. The van der Waals surface area contributed by atoms with Crippen molar-refractivity contribution in [1.82, 2.24) is 4.72 Å². The lowest BCUT2D eigenvalue weighted by atomic mass is 10.1. The molecule has 1 saturated carbocycles. The third-order valence-electron chi connectivity index (χ3n) is 2.91. The first-order valence-corrected chi connectivity index (χ1v) is 6.88. The standard InChI is InChI=1S/C11H16N2O2S/c1-8-9(3-2-4-11(8)12)7-13-16(14,15)10-5-6-10/h2-4,10,13H,5-7,12H2,1H3. The zero-order valence-corrected chi connectivity index (χ0v) is 10.0. The molecule has 0 aliphatic heterocycles. The van der Waals surface area contributed by atoms with Crippen molar-refractivity contribution in [2.75, 3.05) is 5.73 Å². The van der Waals surface area contributed by atoms with Crippen LogP contribution in [0.4, 0.5) is 5.69 Å². The van der Waals surface area contributed by atoms with Crippen LogP contribution >= 0.6 is 0 Å². The van der Waals surface area contributed by atoms with Crippen LogP contribution in [0.3, 0.4) is 0 Å². The Morgan fingerprint density at radius 3 is 2.75 bits per heavy atom. The highest BCUT2D eigenvalue weighted by Gasteiger charge is 2.35. The molecule has 1 fully saturated rings. The van der Waals surface area contributed by atoms with Gasteiger partial charge in [-0.1, -0.05) is 12.1 Å². The summed E-state index contributed by atoms with van der Waals surface area (Å²) in [6.45, 7) is 2.23. The van der Waals surface area contributed by atoms with Crippen molar-refractivity contribution < 1.29 is 8.42 Å². The summed E-state index contributed by atoms with van der Waals surface area (Å²) >= 11 is 0. The van der Waals surface area contributed by atoms with Crippen molar-refractivity contribution in [2.24, 2.45) is 0 Å². The molecule has 0 heterocycles. The van der Waals surface area contributed by atoms with Gasteiger partial charge in [0.2, 0.25) is 10.0 Å². The molecule has 0 bridgehead atoms. The second-order valence-electron chi connectivity index (χ2n) is 4.20. The summed E-state index contributed by atoms with van der Waals surface area (Å²) in [4.78, 5) is 0. The third-order valence-corrected chi connectivity index (χ3v) is 4.81. The molecule has 4 nitrogen and oxygen atoms in total. The summed E-state index contributed by atoms with van der Waals surface area (Å²) in [7, 11) is -3.11. The van der Waals surface area contributed by atoms with E-state index < -0.39 is 10.0 Å². The van der Waals surface area contributed by atoms with Crippen LogP contribution in [0.2, 0.25) is 0 Å². The van der Waals surface area contributed by atoms with E-state index in [-0.39, 0.29) is 5.25 Å². The van der Waals surface area contributed by atoms with Gasteiger partial charge < -0.3 is 5.73 Å². The van der Waals surface area contributed by atoms with Crippen molar-refractivity contribution in [3.63, 3.8) is 0 Å². The number of sulfonamides is 1. The van der Waals surface area contributed by atoms with Gasteiger partial charge in [0.25, 0.3) is 0 Å². The van der Waals surface area contributed by atoms with Crippen LogP contribution in [0, 0.1) is 6.92 Å². The fraction of sp³-hybridized carbons (Fsp3) is 0.455. The van der Waals surface area contributed by atoms with E-state index in [4.69, 9.17) is 5.73 Å². The highest BCUT2D eigenvalue weighted by Crippen LogP contribution is 2.27. The zero-order valence-electron chi connectivity index (χ0n) is 9.23. The number of nitrogen functional groups attached to an aromatic ring is 1. The fourth-order valence-corrected chi connectivity index (χ4v) is 2.92. The van der Waals surface area contributed by atoms with E-state index in [1.807, 2.05) is 25.1 Å². The lowest BCUT2D eigenvalue weighted by Crippen LogP contribution is -2.27. The van der Waals surface area contributed by atoms with Gasteiger partial charge in [-0.05, 0) is 37.0 Å². The lowest BCUT2D eigenvalue weighted by Gasteiger charge is -2.09. The van der Waals surface area contributed by atoms with Crippen molar-refractivity contribution >= 4 is 15.7 Å². The Morgan fingerprint density at radius 1 is 1.44 bits per heavy atom. The maximum atomic E-state index is 11.6. The van der Waals surface area contributed by atoms with Gasteiger partial charge in [0, 0.05) is 12.2 Å². The molecular formula is C11H16N2O2S. The van der Waals surface area contributed by atoms with Gasteiger partial charge in [0.05, 0.1) is 5.25 Å². The molecule has 1 aliphatic rings. The van der Waals surface area contributed by atoms with Crippen LogP contribution in [0.1, 0.15) is 24.0 Å². The minimum atomic E-state index is -3.11. The zero-order chi connectivity index (χ0) is 11.8. The summed E-state index contributed by atoms with van der Waals surface area (Å²) in [5.74, 6) is 0. The molecule has 1 aliphatic carbocycles. The maximum Gasteiger partial charge on any atom is 0.214 e. The second-order valence-corrected chi connectivity index (χ2v) is 6.24. The smallest absolute Gasteiger partial charge is 0.214 e. The molecule has 0 spiro atoms. The Hall–Kier alpha value is -1.07. The molecule has 0 saturated heterocycles. The van der Waals surface area contributed by atoms with Gasteiger partial charge >= 0.3 is 0 Å². The quantitative estimate of drug-likeness (QED) is 0.776. The van der Waals surface area contributed by atoms with Gasteiger partial charge in [-0.3, -0.25) is 0 Å². The average molecular weight is 240 g/mol. The molecule has 2 rings (SSSR count). The van der Waals surface area contributed by atoms with E-state index in [1.165, 1.54) is 0 Å². The SMILES string of the molecule is Cc1c(N)cccc1CNS(=O)(=O)C1CC1. The predicted octanol–water partition coefficient (Wildman–Crippen LogP) is 1.16. The Kier molecular flexibility index (Phi) is 2.90. The number of benzene rings is 1. The molecule has 16 heavy (non-hydrogen) atoms. The Balaban J connectivity index is 2.07. The van der Waals surface area contributed by atoms with E-state index in [0.29, 0.717) is 12.2 Å². The number of nitrogens with one attached hydrogen (secondary N) is 1. The summed E-state index contributed by atoms with van der Waals surface area (Å²) in [5.41, 5.74) is 8.33. The second kappa shape index (κ2) is 4.07. The summed E-state index contributed by atoms with van der Waals surface area (Å²) in [6, 6.07) is 5.54. The van der Waals surface area contributed by atoms with Crippen molar-refractivity contribution in [3.8, 4) is 0 Å². The van der Waals surface area contributed by atoms with E-state index in [0.717, 1.165) is 24.0 Å². The first-order valence-electron chi connectivity index (χ1n) is 5.33. The molecule has 3 N–H and O–H groups in total. The molecule has 88 valence electrons. The first-order chi connectivity index (χ1) is 7.50. The van der Waals surface area contributed by atoms with E-state index >= 15 is 0 Å². The number of nitrogens with two attached hydrogens (primary N) is 1. The van der Waals surface area contributed by atoms with Gasteiger partial charge in [0.1, 0.15) is 0 Å². The fourth-order valence-electron chi connectivity index (χ4n) is 1.57. The molecule has 1 aromatic rings.